The van der Waals surface area contributed by atoms with Gasteiger partial charge >= 0.3 is 0 Å². The van der Waals surface area contributed by atoms with E-state index in [-0.39, 0.29) is 0 Å². The quantitative estimate of drug-likeness (QED) is 0.188. The van der Waals surface area contributed by atoms with Gasteiger partial charge in [0.25, 0.3) is 0 Å². The molecule has 0 radical (unpaired) electrons. The van der Waals surface area contributed by atoms with Crippen molar-refractivity contribution in [3.8, 4) is 17.0 Å². The number of hydrogen-bond acceptors (Lipinski definition) is 3. The predicted octanol–water partition coefficient (Wildman–Crippen LogP) is 8.80. The van der Waals surface area contributed by atoms with Crippen LogP contribution in [0.2, 0.25) is 0 Å². The number of unbranched alkanes of at least 4 members (excludes halogenated alkanes) is 11. The highest BCUT2D eigenvalue weighted by Crippen LogP contribution is 2.21. The van der Waals surface area contributed by atoms with Crippen molar-refractivity contribution < 1.29 is 9.47 Å². The van der Waals surface area contributed by atoms with Crippen molar-refractivity contribution >= 4 is 0 Å². The van der Waals surface area contributed by atoms with Gasteiger partial charge in [-0.15, -0.1) is 0 Å². The molecule has 2 rings (SSSR count). The average Bonchev–Trinajstić information content (AvgIpc) is 2.85. The molecule has 184 valence electrons. The standard InChI is InChI=1S/C30H47NO2/c1-3-5-7-9-11-12-14-16-27-17-22-30(31-26-27)28-18-20-29(21-19-28)33-25-24-32-23-15-13-10-8-6-4-2/h17-22,26H,3-16,23-25H2,1-2H3. The van der Waals surface area contributed by atoms with E-state index in [0.717, 1.165) is 36.5 Å². The number of pyridine rings is 1. The zero-order valence-electron chi connectivity index (χ0n) is 21.3. The van der Waals surface area contributed by atoms with Gasteiger partial charge in [0.1, 0.15) is 12.4 Å². The lowest BCUT2D eigenvalue weighted by Crippen LogP contribution is -2.07. The fourth-order valence-corrected chi connectivity index (χ4v) is 4.06. The lowest BCUT2D eigenvalue weighted by atomic mass is 10.0. The van der Waals surface area contributed by atoms with Gasteiger partial charge < -0.3 is 9.47 Å². The number of nitrogens with zero attached hydrogens (tertiary/aromatic N) is 1. The van der Waals surface area contributed by atoms with E-state index in [4.69, 9.17) is 9.47 Å². The molecule has 0 N–H and O–H groups in total. The van der Waals surface area contributed by atoms with E-state index in [0.29, 0.717) is 13.2 Å². The third-order valence-corrected chi connectivity index (χ3v) is 6.18. The minimum Gasteiger partial charge on any atom is -0.491 e. The molecule has 0 fully saturated rings. The van der Waals surface area contributed by atoms with Gasteiger partial charge in [0.2, 0.25) is 0 Å². The van der Waals surface area contributed by atoms with E-state index in [1.54, 1.807) is 0 Å². The van der Waals surface area contributed by atoms with Gasteiger partial charge in [0.05, 0.1) is 12.3 Å². The summed E-state index contributed by atoms with van der Waals surface area (Å²) in [5.74, 6) is 0.887. The predicted molar refractivity (Wildman–Crippen MR) is 141 cm³/mol. The fraction of sp³-hybridized carbons (Fsp3) is 0.633. The molecule has 0 saturated carbocycles. The molecule has 1 aromatic carbocycles. The molecule has 3 nitrogen and oxygen atoms in total. The molecule has 0 amide bonds. The van der Waals surface area contributed by atoms with Gasteiger partial charge in [0.15, 0.2) is 0 Å². The first-order valence-corrected chi connectivity index (χ1v) is 13.6. The fourth-order valence-electron chi connectivity index (χ4n) is 4.06. The van der Waals surface area contributed by atoms with Crippen LogP contribution >= 0.6 is 0 Å². The van der Waals surface area contributed by atoms with Gasteiger partial charge in [-0.3, -0.25) is 4.98 Å². The molecule has 0 saturated heterocycles. The third-order valence-electron chi connectivity index (χ3n) is 6.18. The monoisotopic (exact) mass is 453 g/mol. The second-order valence-electron chi connectivity index (χ2n) is 9.18. The van der Waals surface area contributed by atoms with Crippen molar-refractivity contribution in [2.75, 3.05) is 19.8 Å². The molecular formula is C30H47NO2. The summed E-state index contributed by atoms with van der Waals surface area (Å²) in [5.41, 5.74) is 3.49. The Labute approximate surface area is 203 Å². The summed E-state index contributed by atoms with van der Waals surface area (Å²) in [6.45, 7) is 6.62. The van der Waals surface area contributed by atoms with Crippen LogP contribution in [-0.4, -0.2) is 24.8 Å². The zero-order chi connectivity index (χ0) is 23.4. The first kappa shape index (κ1) is 27.4. The molecule has 0 aliphatic heterocycles. The van der Waals surface area contributed by atoms with Crippen LogP contribution in [0.4, 0.5) is 0 Å². The smallest absolute Gasteiger partial charge is 0.119 e. The molecule has 0 atom stereocenters. The van der Waals surface area contributed by atoms with Crippen LogP contribution in [0, 0.1) is 0 Å². The summed E-state index contributed by atoms with van der Waals surface area (Å²) in [7, 11) is 0. The second kappa shape index (κ2) is 18.5. The first-order valence-electron chi connectivity index (χ1n) is 13.6. The molecule has 2 aromatic rings. The number of hydrogen-bond donors (Lipinski definition) is 0. The summed E-state index contributed by atoms with van der Waals surface area (Å²) in [6, 6.07) is 12.6. The van der Waals surface area contributed by atoms with E-state index < -0.39 is 0 Å². The number of benzene rings is 1. The largest absolute Gasteiger partial charge is 0.491 e. The van der Waals surface area contributed by atoms with Crippen LogP contribution in [0.15, 0.2) is 42.6 Å². The second-order valence-corrected chi connectivity index (χ2v) is 9.18. The molecule has 0 aliphatic carbocycles. The molecule has 0 spiro atoms. The van der Waals surface area contributed by atoms with Crippen LogP contribution in [0.5, 0.6) is 5.75 Å². The van der Waals surface area contributed by atoms with Crippen molar-refractivity contribution in [1.29, 1.82) is 0 Å². The highest BCUT2D eigenvalue weighted by Gasteiger charge is 2.02. The molecule has 1 heterocycles. The van der Waals surface area contributed by atoms with Gasteiger partial charge in [-0.25, -0.2) is 0 Å². The molecule has 33 heavy (non-hydrogen) atoms. The number of aromatic nitrogens is 1. The SMILES string of the molecule is CCCCCCCCCc1ccc(-c2ccc(OCCOCCCCCCCC)cc2)nc1. The Hall–Kier alpha value is -1.87. The van der Waals surface area contributed by atoms with E-state index in [1.807, 2.05) is 18.3 Å². The summed E-state index contributed by atoms with van der Waals surface area (Å²) in [6.07, 6.45) is 20.4. The summed E-state index contributed by atoms with van der Waals surface area (Å²) in [5, 5.41) is 0. The molecule has 3 heteroatoms. The Balaban J connectivity index is 1.58. The van der Waals surface area contributed by atoms with E-state index in [2.05, 4.69) is 43.1 Å². The highest BCUT2D eigenvalue weighted by molar-refractivity contribution is 5.60. The Morgan fingerprint density at radius 3 is 1.88 bits per heavy atom. The Kier molecular flexibility index (Phi) is 15.4. The summed E-state index contributed by atoms with van der Waals surface area (Å²) >= 11 is 0. The molecular weight excluding hydrogens is 406 g/mol. The maximum Gasteiger partial charge on any atom is 0.119 e. The van der Waals surface area contributed by atoms with Crippen molar-refractivity contribution in [2.24, 2.45) is 0 Å². The van der Waals surface area contributed by atoms with Crippen LogP contribution in [0.3, 0.4) is 0 Å². The van der Waals surface area contributed by atoms with Gasteiger partial charge in [-0.1, -0.05) is 90.5 Å². The number of ether oxygens (including phenoxy) is 2. The van der Waals surface area contributed by atoms with Gasteiger partial charge in [0, 0.05) is 18.4 Å². The third kappa shape index (κ3) is 12.8. The Bertz CT molecular complexity index is 696. The van der Waals surface area contributed by atoms with Crippen molar-refractivity contribution in [3.05, 3.63) is 48.2 Å². The Morgan fingerprint density at radius 2 is 1.24 bits per heavy atom. The van der Waals surface area contributed by atoms with Crippen LogP contribution < -0.4 is 4.74 Å². The topological polar surface area (TPSA) is 31.4 Å². The minimum atomic E-state index is 0.598. The van der Waals surface area contributed by atoms with Gasteiger partial charge in [-0.05, 0) is 55.2 Å². The van der Waals surface area contributed by atoms with E-state index in [1.165, 1.54) is 82.6 Å². The van der Waals surface area contributed by atoms with Crippen molar-refractivity contribution in [3.63, 3.8) is 0 Å². The average molecular weight is 454 g/mol. The molecule has 0 aliphatic rings. The molecule has 0 bridgehead atoms. The normalized spacial score (nSPS) is 11.1. The van der Waals surface area contributed by atoms with Crippen LogP contribution in [0.25, 0.3) is 11.3 Å². The van der Waals surface area contributed by atoms with Crippen LogP contribution in [-0.2, 0) is 11.2 Å². The molecule has 0 unspecified atom stereocenters. The summed E-state index contributed by atoms with van der Waals surface area (Å²) in [4.78, 5) is 4.68. The highest BCUT2D eigenvalue weighted by atomic mass is 16.5. The lowest BCUT2D eigenvalue weighted by molar-refractivity contribution is 0.0971. The Morgan fingerprint density at radius 1 is 0.606 bits per heavy atom. The molecule has 1 aromatic heterocycles. The van der Waals surface area contributed by atoms with Crippen LogP contribution in [0.1, 0.15) is 103 Å². The maximum absolute atomic E-state index is 5.82. The van der Waals surface area contributed by atoms with E-state index >= 15 is 0 Å². The lowest BCUT2D eigenvalue weighted by Gasteiger charge is -2.08. The zero-order valence-corrected chi connectivity index (χ0v) is 21.3. The van der Waals surface area contributed by atoms with Crippen molar-refractivity contribution in [1.82, 2.24) is 4.98 Å². The minimum absolute atomic E-state index is 0.598. The number of aryl methyl sites for hydroxylation is 1. The number of rotatable bonds is 20. The van der Waals surface area contributed by atoms with Gasteiger partial charge in [-0.2, -0.15) is 0 Å². The summed E-state index contributed by atoms with van der Waals surface area (Å²) < 4.78 is 11.5. The first-order chi connectivity index (χ1) is 16.3. The van der Waals surface area contributed by atoms with Crippen molar-refractivity contribution in [2.45, 2.75) is 104 Å². The maximum atomic E-state index is 5.82. The van der Waals surface area contributed by atoms with E-state index in [9.17, 15) is 0 Å².